The third-order valence-corrected chi connectivity index (χ3v) is 4.72. The van der Waals surface area contributed by atoms with Gasteiger partial charge in [0.2, 0.25) is 5.88 Å². The van der Waals surface area contributed by atoms with E-state index < -0.39 is 0 Å². The second-order valence-corrected chi connectivity index (χ2v) is 6.57. The summed E-state index contributed by atoms with van der Waals surface area (Å²) in [6.07, 6.45) is 0.658. The number of aromatic hydroxyl groups is 2. The van der Waals surface area contributed by atoms with Crippen LogP contribution in [0.1, 0.15) is 21.6 Å². The van der Waals surface area contributed by atoms with E-state index in [1.165, 1.54) is 6.07 Å². The van der Waals surface area contributed by atoms with Crippen molar-refractivity contribution in [1.82, 2.24) is 5.16 Å². The molecule has 3 N–H and O–H groups in total. The first-order valence-electron chi connectivity index (χ1n) is 9.05. The van der Waals surface area contributed by atoms with Gasteiger partial charge in [0.25, 0.3) is 0 Å². The number of phenolic OH excluding ortho intramolecular Hbond substituents is 2. The molecule has 0 spiro atoms. The molecule has 0 amide bonds. The Morgan fingerprint density at radius 1 is 1.00 bits per heavy atom. The molecule has 0 fully saturated rings. The molecule has 3 aromatic carbocycles. The number of aldehydes is 1. The fraction of sp³-hybridized carbons (Fsp3) is 0.130. The first kappa shape index (κ1) is 19.9. The van der Waals surface area contributed by atoms with E-state index in [9.17, 15) is 15.0 Å². The number of nitrogens with zero attached hydrogens (tertiary/aromatic N) is 1. The summed E-state index contributed by atoms with van der Waals surface area (Å²) in [4.78, 5) is 11.0. The van der Waals surface area contributed by atoms with Crippen molar-refractivity contribution < 1.29 is 19.5 Å². The van der Waals surface area contributed by atoms with Crippen molar-refractivity contribution in [2.45, 2.75) is 13.8 Å². The molecule has 0 aliphatic heterocycles. The first-order valence-corrected chi connectivity index (χ1v) is 9.05. The topological polar surface area (TPSA) is 95.6 Å². The molecular formula is C23H22N2O4. The van der Waals surface area contributed by atoms with Crippen molar-refractivity contribution in [3.8, 4) is 22.6 Å². The van der Waals surface area contributed by atoms with E-state index in [4.69, 9.17) is 4.52 Å². The van der Waals surface area contributed by atoms with Gasteiger partial charge in [-0.2, -0.15) is 0 Å². The van der Waals surface area contributed by atoms with E-state index >= 15 is 0 Å². The highest BCUT2D eigenvalue weighted by atomic mass is 16.5. The SMILES string of the molecule is CNc1onc(C)c1C.O=Cc1c(O)ccc2cc(-c3cccc(O)c3)ccc12. The van der Waals surface area contributed by atoms with Crippen LogP contribution in [0.2, 0.25) is 0 Å². The van der Waals surface area contributed by atoms with Gasteiger partial charge in [-0.1, -0.05) is 35.5 Å². The number of carbonyl (C=O) groups excluding carboxylic acids is 1. The molecule has 0 atom stereocenters. The average molecular weight is 390 g/mol. The van der Waals surface area contributed by atoms with Gasteiger partial charge in [0, 0.05) is 12.6 Å². The van der Waals surface area contributed by atoms with Gasteiger partial charge in [0.1, 0.15) is 11.5 Å². The van der Waals surface area contributed by atoms with Gasteiger partial charge in [-0.25, -0.2) is 0 Å². The Hall–Kier alpha value is -3.80. The van der Waals surface area contributed by atoms with Gasteiger partial charge < -0.3 is 20.1 Å². The molecule has 6 nitrogen and oxygen atoms in total. The van der Waals surface area contributed by atoms with Crippen molar-refractivity contribution in [3.05, 3.63) is 71.4 Å². The number of aryl methyl sites for hydroxylation is 1. The molecule has 0 unspecified atom stereocenters. The number of anilines is 1. The standard InChI is InChI=1S/C17H12O3.C6H10N2O/c18-10-16-15-6-4-12(8-13(15)5-7-17(16)20)11-2-1-3-14(19)9-11;1-4-5(2)8-9-6(4)7-3/h1-10,19-20H;7H,1-3H3. The molecule has 1 heterocycles. The van der Waals surface area contributed by atoms with Gasteiger partial charge in [-0.3, -0.25) is 4.79 Å². The van der Waals surface area contributed by atoms with Crippen LogP contribution in [0.15, 0.2) is 59.1 Å². The van der Waals surface area contributed by atoms with Crippen LogP contribution in [0.3, 0.4) is 0 Å². The third-order valence-electron chi connectivity index (χ3n) is 4.72. The van der Waals surface area contributed by atoms with E-state index in [1.807, 2.05) is 39.1 Å². The van der Waals surface area contributed by atoms with E-state index in [2.05, 4.69) is 10.5 Å². The lowest BCUT2D eigenvalue weighted by Gasteiger charge is -2.07. The molecule has 0 saturated heterocycles. The first-order chi connectivity index (χ1) is 13.9. The molecule has 1 aromatic heterocycles. The third kappa shape index (κ3) is 4.21. The van der Waals surface area contributed by atoms with Crippen LogP contribution in [-0.4, -0.2) is 28.7 Å². The van der Waals surface area contributed by atoms with Gasteiger partial charge in [0.15, 0.2) is 6.29 Å². The van der Waals surface area contributed by atoms with Crippen molar-refractivity contribution in [2.24, 2.45) is 0 Å². The number of aromatic nitrogens is 1. The molecule has 29 heavy (non-hydrogen) atoms. The molecule has 4 rings (SSSR count). The molecule has 0 saturated carbocycles. The Balaban J connectivity index is 0.000000224. The number of carbonyl (C=O) groups is 1. The van der Waals surface area contributed by atoms with Gasteiger partial charge in [-0.05, 0) is 60.0 Å². The fourth-order valence-electron chi connectivity index (χ4n) is 2.98. The van der Waals surface area contributed by atoms with Crippen molar-refractivity contribution in [2.75, 3.05) is 12.4 Å². The van der Waals surface area contributed by atoms with Crippen molar-refractivity contribution in [3.63, 3.8) is 0 Å². The lowest BCUT2D eigenvalue weighted by molar-refractivity contribution is 0.112. The molecule has 148 valence electrons. The van der Waals surface area contributed by atoms with E-state index in [-0.39, 0.29) is 11.5 Å². The largest absolute Gasteiger partial charge is 0.508 e. The summed E-state index contributed by atoms with van der Waals surface area (Å²) < 4.78 is 4.88. The van der Waals surface area contributed by atoms with Gasteiger partial charge in [-0.15, -0.1) is 0 Å². The highest BCUT2D eigenvalue weighted by Crippen LogP contribution is 2.30. The smallest absolute Gasteiger partial charge is 0.227 e. The van der Waals surface area contributed by atoms with Crippen LogP contribution < -0.4 is 5.32 Å². The van der Waals surface area contributed by atoms with Crippen LogP contribution in [0.25, 0.3) is 21.9 Å². The minimum Gasteiger partial charge on any atom is -0.508 e. The molecule has 0 radical (unpaired) electrons. The summed E-state index contributed by atoms with van der Waals surface area (Å²) in [6.45, 7) is 3.89. The van der Waals surface area contributed by atoms with Crippen LogP contribution in [0, 0.1) is 13.8 Å². The highest BCUT2D eigenvalue weighted by molar-refractivity contribution is 6.02. The molecule has 0 bridgehead atoms. The Labute approximate surface area is 168 Å². The number of nitrogens with one attached hydrogen (secondary N) is 1. The Kier molecular flexibility index (Phi) is 5.83. The van der Waals surface area contributed by atoms with E-state index in [0.29, 0.717) is 17.2 Å². The van der Waals surface area contributed by atoms with E-state index in [1.54, 1.807) is 30.3 Å². The Bertz CT molecular complexity index is 1160. The zero-order chi connectivity index (χ0) is 21.0. The van der Waals surface area contributed by atoms with Crippen LogP contribution in [0.4, 0.5) is 5.88 Å². The lowest BCUT2D eigenvalue weighted by Crippen LogP contribution is -1.86. The summed E-state index contributed by atoms with van der Waals surface area (Å²) in [7, 11) is 1.81. The van der Waals surface area contributed by atoms with Crippen LogP contribution in [0.5, 0.6) is 11.5 Å². The monoisotopic (exact) mass is 390 g/mol. The predicted octanol–water partition coefficient (Wildman–Crippen LogP) is 5.06. The molecular weight excluding hydrogens is 368 g/mol. The number of fused-ring (bicyclic) bond motifs is 1. The normalized spacial score (nSPS) is 10.3. The highest BCUT2D eigenvalue weighted by Gasteiger charge is 2.07. The average Bonchev–Trinajstić information content (AvgIpc) is 3.06. The summed E-state index contributed by atoms with van der Waals surface area (Å²) in [5.74, 6) is 0.951. The Morgan fingerprint density at radius 2 is 1.76 bits per heavy atom. The molecule has 0 aliphatic carbocycles. The summed E-state index contributed by atoms with van der Waals surface area (Å²) in [5.41, 5.74) is 4.16. The number of phenols is 2. The summed E-state index contributed by atoms with van der Waals surface area (Å²) in [5, 5.41) is 27.4. The lowest BCUT2D eigenvalue weighted by atomic mass is 9.98. The fourth-order valence-corrected chi connectivity index (χ4v) is 2.98. The zero-order valence-electron chi connectivity index (χ0n) is 16.4. The maximum absolute atomic E-state index is 11.0. The zero-order valence-corrected chi connectivity index (χ0v) is 16.4. The molecule has 4 aromatic rings. The quantitative estimate of drug-likeness (QED) is 0.423. The Morgan fingerprint density at radius 3 is 2.34 bits per heavy atom. The predicted molar refractivity (Wildman–Crippen MR) is 114 cm³/mol. The number of hydrogen-bond acceptors (Lipinski definition) is 6. The maximum Gasteiger partial charge on any atom is 0.227 e. The van der Waals surface area contributed by atoms with Gasteiger partial charge in [0.05, 0.1) is 11.3 Å². The van der Waals surface area contributed by atoms with Crippen LogP contribution >= 0.6 is 0 Å². The van der Waals surface area contributed by atoms with Crippen LogP contribution in [-0.2, 0) is 0 Å². The van der Waals surface area contributed by atoms with E-state index in [0.717, 1.165) is 33.7 Å². The minimum atomic E-state index is -0.0161. The number of benzene rings is 3. The summed E-state index contributed by atoms with van der Waals surface area (Å²) in [6, 6.07) is 15.9. The minimum absolute atomic E-state index is 0.0161. The number of rotatable bonds is 3. The maximum atomic E-state index is 11.0. The van der Waals surface area contributed by atoms with Crippen molar-refractivity contribution >= 4 is 22.9 Å². The van der Waals surface area contributed by atoms with Gasteiger partial charge >= 0.3 is 0 Å². The summed E-state index contributed by atoms with van der Waals surface area (Å²) >= 11 is 0. The molecule has 6 heteroatoms. The number of hydrogen-bond donors (Lipinski definition) is 3. The second kappa shape index (κ2) is 8.48. The molecule has 0 aliphatic rings. The second-order valence-electron chi connectivity index (χ2n) is 6.57. The van der Waals surface area contributed by atoms with Crippen molar-refractivity contribution in [1.29, 1.82) is 0 Å².